The van der Waals surface area contributed by atoms with Crippen molar-refractivity contribution >= 4 is 16.9 Å². The number of hydrogen-bond donors (Lipinski definition) is 0. The van der Waals surface area contributed by atoms with E-state index in [-0.39, 0.29) is 5.91 Å². The predicted molar refractivity (Wildman–Crippen MR) is 217 cm³/mol. The Balaban J connectivity index is 1.12. The molecule has 5 heteroatoms. The third-order valence-corrected chi connectivity index (χ3v) is 10.3. The van der Waals surface area contributed by atoms with Gasteiger partial charge in [0, 0.05) is 22.3 Å². The molecule has 0 fully saturated rings. The van der Waals surface area contributed by atoms with Crippen molar-refractivity contribution in [3.63, 3.8) is 0 Å². The Morgan fingerprint density at radius 1 is 0.426 bits per heavy atom. The summed E-state index contributed by atoms with van der Waals surface area (Å²) < 4.78 is 1.81. The van der Waals surface area contributed by atoms with E-state index in [9.17, 15) is 4.79 Å². The highest BCUT2D eigenvalue weighted by atomic mass is 16.2. The van der Waals surface area contributed by atoms with Gasteiger partial charge in [0.05, 0.1) is 28.3 Å². The van der Waals surface area contributed by atoms with Crippen molar-refractivity contribution in [1.29, 1.82) is 0 Å². The maximum atomic E-state index is 14.8. The summed E-state index contributed by atoms with van der Waals surface area (Å²) in [6.45, 7) is 0. The quantitative estimate of drug-likeness (QED) is 0.174. The third-order valence-electron chi connectivity index (χ3n) is 10.3. The predicted octanol–water partition coefficient (Wildman–Crippen LogP) is 11.6. The molecular formula is C49H32N4O. The first kappa shape index (κ1) is 31.5. The fourth-order valence-electron chi connectivity index (χ4n) is 7.65. The van der Waals surface area contributed by atoms with E-state index in [1.54, 1.807) is 0 Å². The molecule has 54 heavy (non-hydrogen) atoms. The van der Waals surface area contributed by atoms with Gasteiger partial charge in [0.15, 0.2) is 5.82 Å². The van der Waals surface area contributed by atoms with Crippen LogP contribution in [0.5, 0.6) is 0 Å². The standard InChI is InChI=1S/C49H32N4O/c54-49-46(39-23-13-20-35(29-39)32-14-4-1-5-15-32)41-30-37(26-27-40(41)48-52-42-24-10-11-25-45(42)53(48)49)36-21-12-22-38(28-36)44-31-43(33-16-6-2-7-17-33)50-47(51-44)34-18-8-3-9-19-34/h1-31,46H. The van der Waals surface area contributed by atoms with E-state index in [2.05, 4.69) is 97.1 Å². The van der Waals surface area contributed by atoms with Crippen LogP contribution < -0.4 is 0 Å². The second kappa shape index (κ2) is 13.1. The number of para-hydroxylation sites is 2. The average molecular weight is 693 g/mol. The van der Waals surface area contributed by atoms with Gasteiger partial charge in [-0.1, -0.05) is 158 Å². The molecule has 2 aromatic heterocycles. The number of aromatic nitrogens is 4. The Morgan fingerprint density at radius 3 is 1.76 bits per heavy atom. The molecule has 0 saturated carbocycles. The van der Waals surface area contributed by atoms with Crippen LogP contribution in [0.15, 0.2) is 188 Å². The first-order valence-corrected chi connectivity index (χ1v) is 18.1. The highest BCUT2D eigenvalue weighted by Gasteiger charge is 2.36. The minimum absolute atomic E-state index is 0.00909. The first-order chi connectivity index (χ1) is 26.7. The maximum absolute atomic E-state index is 14.8. The fourth-order valence-corrected chi connectivity index (χ4v) is 7.65. The van der Waals surface area contributed by atoms with Crippen LogP contribution in [0.25, 0.3) is 78.6 Å². The van der Waals surface area contributed by atoms with Crippen LogP contribution >= 0.6 is 0 Å². The maximum Gasteiger partial charge on any atom is 0.244 e. The van der Waals surface area contributed by atoms with Crippen molar-refractivity contribution in [2.45, 2.75) is 5.92 Å². The Morgan fingerprint density at radius 2 is 1.00 bits per heavy atom. The number of hydrogen-bond acceptors (Lipinski definition) is 4. The number of nitrogens with zero attached hydrogens (tertiary/aromatic N) is 4. The van der Waals surface area contributed by atoms with Gasteiger partial charge in [-0.2, -0.15) is 0 Å². The monoisotopic (exact) mass is 692 g/mol. The number of carbonyl (C=O) groups excluding carboxylic acids is 1. The van der Waals surface area contributed by atoms with E-state index in [4.69, 9.17) is 15.0 Å². The summed E-state index contributed by atoms with van der Waals surface area (Å²) >= 11 is 0. The summed E-state index contributed by atoms with van der Waals surface area (Å²) in [5.41, 5.74) is 13.3. The average Bonchev–Trinajstić information content (AvgIpc) is 3.65. The minimum Gasteiger partial charge on any atom is -0.273 e. The highest BCUT2D eigenvalue weighted by Crippen LogP contribution is 2.44. The van der Waals surface area contributed by atoms with Gasteiger partial charge in [0.25, 0.3) is 0 Å². The van der Waals surface area contributed by atoms with E-state index >= 15 is 0 Å². The van der Waals surface area contributed by atoms with Crippen molar-refractivity contribution in [2.75, 3.05) is 0 Å². The van der Waals surface area contributed by atoms with E-state index in [1.165, 1.54) is 0 Å². The van der Waals surface area contributed by atoms with Crippen molar-refractivity contribution in [3.05, 3.63) is 199 Å². The lowest BCUT2D eigenvalue weighted by molar-refractivity contribution is 0.0896. The van der Waals surface area contributed by atoms with Gasteiger partial charge in [-0.15, -0.1) is 0 Å². The molecule has 0 saturated heterocycles. The highest BCUT2D eigenvalue weighted by molar-refractivity contribution is 6.04. The van der Waals surface area contributed by atoms with Gasteiger partial charge in [0.2, 0.25) is 5.91 Å². The van der Waals surface area contributed by atoms with E-state index in [0.717, 1.165) is 78.1 Å². The number of carbonyl (C=O) groups is 1. The van der Waals surface area contributed by atoms with Crippen LogP contribution in [0.2, 0.25) is 0 Å². The number of imidazole rings is 1. The van der Waals surface area contributed by atoms with Crippen molar-refractivity contribution in [2.24, 2.45) is 0 Å². The summed E-state index contributed by atoms with van der Waals surface area (Å²) in [6.07, 6.45) is 0. The molecule has 7 aromatic carbocycles. The number of fused-ring (bicyclic) bond motifs is 5. The summed E-state index contributed by atoms with van der Waals surface area (Å²) in [4.78, 5) is 29.8. The van der Waals surface area contributed by atoms with Gasteiger partial charge < -0.3 is 0 Å². The molecule has 1 aliphatic rings. The molecule has 1 unspecified atom stereocenters. The minimum atomic E-state index is -0.527. The van der Waals surface area contributed by atoms with E-state index in [0.29, 0.717) is 11.6 Å². The Kier molecular flexibility index (Phi) is 7.62. The van der Waals surface area contributed by atoms with Crippen LogP contribution in [0.1, 0.15) is 21.8 Å². The zero-order chi connectivity index (χ0) is 36.0. The summed E-state index contributed by atoms with van der Waals surface area (Å²) in [6, 6.07) is 63.9. The van der Waals surface area contributed by atoms with E-state index in [1.807, 2.05) is 95.6 Å². The number of rotatable bonds is 6. The second-order valence-corrected chi connectivity index (χ2v) is 13.6. The molecule has 0 amide bonds. The molecule has 0 aliphatic carbocycles. The van der Waals surface area contributed by atoms with Gasteiger partial charge in [-0.25, -0.2) is 15.0 Å². The molecule has 0 N–H and O–H groups in total. The van der Waals surface area contributed by atoms with Gasteiger partial charge in [-0.05, 0) is 63.7 Å². The molecule has 10 rings (SSSR count). The van der Waals surface area contributed by atoms with Gasteiger partial charge >= 0.3 is 0 Å². The van der Waals surface area contributed by atoms with Gasteiger partial charge in [-0.3, -0.25) is 9.36 Å². The fraction of sp³-hybridized carbons (Fsp3) is 0.0204. The van der Waals surface area contributed by atoms with Crippen LogP contribution in [-0.2, 0) is 0 Å². The molecule has 5 nitrogen and oxygen atoms in total. The lowest BCUT2D eigenvalue weighted by Crippen LogP contribution is -2.27. The van der Waals surface area contributed by atoms with Crippen molar-refractivity contribution < 1.29 is 4.79 Å². The summed E-state index contributed by atoms with van der Waals surface area (Å²) in [7, 11) is 0. The first-order valence-electron chi connectivity index (χ1n) is 18.1. The summed E-state index contributed by atoms with van der Waals surface area (Å²) in [5.74, 6) is 0.814. The second-order valence-electron chi connectivity index (χ2n) is 13.6. The molecule has 1 aliphatic heterocycles. The molecular weight excluding hydrogens is 661 g/mol. The van der Waals surface area contributed by atoms with Crippen LogP contribution in [0.3, 0.4) is 0 Å². The van der Waals surface area contributed by atoms with Crippen molar-refractivity contribution in [3.8, 4) is 67.5 Å². The largest absolute Gasteiger partial charge is 0.273 e. The zero-order valence-electron chi connectivity index (χ0n) is 29.2. The third kappa shape index (κ3) is 5.51. The molecule has 254 valence electrons. The number of benzene rings is 7. The molecule has 0 spiro atoms. The normalized spacial score (nSPS) is 13.4. The SMILES string of the molecule is O=C1C(c2cccc(-c3ccccc3)c2)c2cc(-c3cccc(-c4cc(-c5ccccc5)nc(-c5ccccc5)n4)c3)ccc2-c2nc3ccccc3n21. The molecule has 9 aromatic rings. The van der Waals surface area contributed by atoms with Gasteiger partial charge in [0.1, 0.15) is 5.82 Å². The van der Waals surface area contributed by atoms with Crippen LogP contribution in [0, 0.1) is 0 Å². The van der Waals surface area contributed by atoms with Crippen molar-refractivity contribution in [1.82, 2.24) is 19.5 Å². The Labute approximate surface area is 312 Å². The van der Waals surface area contributed by atoms with Crippen LogP contribution in [-0.4, -0.2) is 25.4 Å². The Hall–Kier alpha value is -7.24. The molecule has 3 heterocycles. The molecule has 0 bridgehead atoms. The van der Waals surface area contributed by atoms with E-state index < -0.39 is 5.92 Å². The lowest BCUT2D eigenvalue weighted by atomic mass is 9.82. The van der Waals surface area contributed by atoms with Crippen LogP contribution in [0.4, 0.5) is 0 Å². The lowest BCUT2D eigenvalue weighted by Gasteiger charge is -2.27. The summed E-state index contributed by atoms with van der Waals surface area (Å²) in [5, 5.41) is 0. The smallest absolute Gasteiger partial charge is 0.244 e. The molecule has 0 radical (unpaired) electrons. The topological polar surface area (TPSA) is 60.7 Å². The molecule has 1 atom stereocenters. The zero-order valence-corrected chi connectivity index (χ0v) is 29.2. The Bertz CT molecular complexity index is 2790.